The van der Waals surface area contributed by atoms with Crippen LogP contribution in [0.2, 0.25) is 0 Å². The van der Waals surface area contributed by atoms with E-state index in [0.29, 0.717) is 0 Å². The standard InChI is InChI=1S/C11H11FN2/c1-2-13-11-10-7-9(12)4-3-8(10)5-6-14-11/h3-7H,2H2,1H3,(H,13,14). The van der Waals surface area contributed by atoms with Crippen molar-refractivity contribution in [2.24, 2.45) is 0 Å². The molecule has 2 aromatic rings. The molecular formula is C11H11FN2. The van der Waals surface area contributed by atoms with Crippen LogP contribution >= 0.6 is 0 Å². The largest absolute Gasteiger partial charge is 0.370 e. The van der Waals surface area contributed by atoms with Gasteiger partial charge in [-0.2, -0.15) is 0 Å². The molecule has 0 amide bonds. The van der Waals surface area contributed by atoms with Crippen LogP contribution in [-0.2, 0) is 0 Å². The van der Waals surface area contributed by atoms with Gasteiger partial charge in [-0.15, -0.1) is 0 Å². The van der Waals surface area contributed by atoms with Crippen LogP contribution in [-0.4, -0.2) is 11.5 Å². The zero-order valence-corrected chi connectivity index (χ0v) is 7.92. The highest BCUT2D eigenvalue weighted by Crippen LogP contribution is 2.21. The van der Waals surface area contributed by atoms with Crippen molar-refractivity contribution >= 4 is 16.6 Å². The minimum absolute atomic E-state index is 0.232. The number of pyridine rings is 1. The minimum atomic E-state index is -0.232. The molecule has 2 nitrogen and oxygen atoms in total. The van der Waals surface area contributed by atoms with Gasteiger partial charge in [0.25, 0.3) is 0 Å². The number of nitrogens with one attached hydrogen (secondary N) is 1. The number of fused-ring (bicyclic) bond motifs is 1. The second-order valence-corrected chi connectivity index (χ2v) is 3.06. The molecular weight excluding hydrogens is 179 g/mol. The van der Waals surface area contributed by atoms with Crippen molar-refractivity contribution in [2.45, 2.75) is 6.92 Å². The number of anilines is 1. The summed E-state index contributed by atoms with van der Waals surface area (Å²) in [4.78, 5) is 4.16. The number of hydrogen-bond donors (Lipinski definition) is 1. The van der Waals surface area contributed by atoms with Crippen molar-refractivity contribution in [1.82, 2.24) is 4.98 Å². The molecule has 72 valence electrons. The molecule has 0 fully saturated rings. The maximum Gasteiger partial charge on any atom is 0.133 e. The van der Waals surface area contributed by atoms with Crippen LogP contribution in [0.4, 0.5) is 10.2 Å². The third-order valence-corrected chi connectivity index (χ3v) is 2.07. The van der Waals surface area contributed by atoms with Gasteiger partial charge in [0.1, 0.15) is 11.6 Å². The number of rotatable bonds is 2. The Labute approximate surface area is 81.8 Å². The first-order chi connectivity index (χ1) is 6.81. The molecule has 0 saturated heterocycles. The highest BCUT2D eigenvalue weighted by molar-refractivity contribution is 5.91. The van der Waals surface area contributed by atoms with Gasteiger partial charge < -0.3 is 5.32 Å². The van der Waals surface area contributed by atoms with Gasteiger partial charge in [0.05, 0.1) is 0 Å². The predicted molar refractivity (Wildman–Crippen MR) is 55.9 cm³/mol. The van der Waals surface area contributed by atoms with Crippen molar-refractivity contribution in [3.63, 3.8) is 0 Å². The maximum atomic E-state index is 13.0. The Morgan fingerprint density at radius 1 is 1.36 bits per heavy atom. The van der Waals surface area contributed by atoms with Gasteiger partial charge in [-0.1, -0.05) is 6.07 Å². The fourth-order valence-corrected chi connectivity index (χ4v) is 1.45. The first-order valence-electron chi connectivity index (χ1n) is 4.59. The topological polar surface area (TPSA) is 24.9 Å². The zero-order chi connectivity index (χ0) is 9.97. The molecule has 0 spiro atoms. The molecule has 0 radical (unpaired) electrons. The quantitative estimate of drug-likeness (QED) is 0.787. The van der Waals surface area contributed by atoms with E-state index in [-0.39, 0.29) is 5.82 Å². The highest BCUT2D eigenvalue weighted by atomic mass is 19.1. The number of hydrogen-bond acceptors (Lipinski definition) is 2. The molecule has 1 N–H and O–H groups in total. The Balaban J connectivity index is 2.64. The molecule has 1 heterocycles. The van der Waals surface area contributed by atoms with Gasteiger partial charge >= 0.3 is 0 Å². The summed E-state index contributed by atoms with van der Waals surface area (Å²) in [5.74, 6) is 0.508. The second kappa shape index (κ2) is 3.62. The number of benzene rings is 1. The van der Waals surface area contributed by atoms with E-state index in [1.165, 1.54) is 12.1 Å². The van der Waals surface area contributed by atoms with E-state index in [9.17, 15) is 4.39 Å². The summed E-state index contributed by atoms with van der Waals surface area (Å²) in [7, 11) is 0. The van der Waals surface area contributed by atoms with Crippen LogP contribution in [0.3, 0.4) is 0 Å². The normalized spacial score (nSPS) is 10.4. The van der Waals surface area contributed by atoms with Gasteiger partial charge in [0.2, 0.25) is 0 Å². The lowest BCUT2D eigenvalue weighted by Gasteiger charge is -2.05. The Bertz CT molecular complexity index is 454. The Morgan fingerprint density at radius 2 is 2.21 bits per heavy atom. The van der Waals surface area contributed by atoms with Gasteiger partial charge in [-0.3, -0.25) is 0 Å². The molecule has 0 atom stereocenters. The summed E-state index contributed by atoms with van der Waals surface area (Å²) in [5.41, 5.74) is 0. The number of halogens is 1. The number of aromatic nitrogens is 1. The molecule has 3 heteroatoms. The summed E-state index contributed by atoms with van der Waals surface area (Å²) in [6.45, 7) is 2.77. The van der Waals surface area contributed by atoms with Crippen LogP contribution in [0.5, 0.6) is 0 Å². The molecule has 0 bridgehead atoms. The first-order valence-corrected chi connectivity index (χ1v) is 4.59. The fraction of sp³-hybridized carbons (Fsp3) is 0.182. The van der Waals surface area contributed by atoms with E-state index in [1.54, 1.807) is 12.3 Å². The van der Waals surface area contributed by atoms with E-state index in [2.05, 4.69) is 10.3 Å². The molecule has 0 aliphatic rings. The molecule has 0 aliphatic heterocycles. The summed E-state index contributed by atoms with van der Waals surface area (Å²) in [6, 6.07) is 6.58. The van der Waals surface area contributed by atoms with Crippen molar-refractivity contribution in [1.29, 1.82) is 0 Å². The minimum Gasteiger partial charge on any atom is -0.370 e. The van der Waals surface area contributed by atoms with Crippen molar-refractivity contribution < 1.29 is 4.39 Å². The van der Waals surface area contributed by atoms with Crippen LogP contribution in [0.1, 0.15) is 6.92 Å². The Hall–Kier alpha value is -1.64. The van der Waals surface area contributed by atoms with Crippen LogP contribution < -0.4 is 5.32 Å². The lowest BCUT2D eigenvalue weighted by atomic mass is 10.1. The first kappa shape index (κ1) is 8.94. The van der Waals surface area contributed by atoms with E-state index in [0.717, 1.165) is 23.1 Å². The second-order valence-electron chi connectivity index (χ2n) is 3.06. The third kappa shape index (κ3) is 1.53. The summed E-state index contributed by atoms with van der Waals surface area (Å²) in [6.07, 6.45) is 1.72. The lowest BCUT2D eigenvalue weighted by Crippen LogP contribution is -1.99. The molecule has 1 aromatic heterocycles. The molecule has 2 rings (SSSR count). The van der Waals surface area contributed by atoms with Crippen LogP contribution in [0.15, 0.2) is 30.5 Å². The SMILES string of the molecule is CCNc1nccc2ccc(F)cc12. The Kier molecular flexibility index (Phi) is 2.31. The summed E-state index contributed by atoms with van der Waals surface area (Å²) < 4.78 is 13.0. The zero-order valence-electron chi connectivity index (χ0n) is 7.92. The lowest BCUT2D eigenvalue weighted by molar-refractivity contribution is 0.629. The number of nitrogens with zero attached hydrogens (tertiary/aromatic N) is 1. The van der Waals surface area contributed by atoms with Gasteiger partial charge in [0, 0.05) is 18.1 Å². The Morgan fingerprint density at radius 3 is 3.00 bits per heavy atom. The highest BCUT2D eigenvalue weighted by Gasteiger charge is 2.01. The summed E-state index contributed by atoms with van der Waals surface area (Å²) >= 11 is 0. The average molecular weight is 190 g/mol. The molecule has 0 aliphatic carbocycles. The molecule has 14 heavy (non-hydrogen) atoms. The van der Waals surface area contributed by atoms with Crippen LogP contribution in [0, 0.1) is 5.82 Å². The molecule has 0 unspecified atom stereocenters. The van der Waals surface area contributed by atoms with E-state index in [4.69, 9.17) is 0 Å². The smallest absolute Gasteiger partial charge is 0.133 e. The molecule has 1 aromatic carbocycles. The van der Waals surface area contributed by atoms with Gasteiger partial charge in [-0.25, -0.2) is 9.37 Å². The van der Waals surface area contributed by atoms with Crippen molar-refractivity contribution in [3.8, 4) is 0 Å². The van der Waals surface area contributed by atoms with E-state index >= 15 is 0 Å². The maximum absolute atomic E-state index is 13.0. The molecule has 0 saturated carbocycles. The van der Waals surface area contributed by atoms with Gasteiger partial charge in [-0.05, 0) is 30.5 Å². The van der Waals surface area contributed by atoms with Crippen molar-refractivity contribution in [3.05, 3.63) is 36.3 Å². The van der Waals surface area contributed by atoms with E-state index < -0.39 is 0 Å². The van der Waals surface area contributed by atoms with Crippen LogP contribution in [0.25, 0.3) is 10.8 Å². The average Bonchev–Trinajstić information content (AvgIpc) is 2.19. The van der Waals surface area contributed by atoms with Crippen molar-refractivity contribution in [2.75, 3.05) is 11.9 Å². The summed E-state index contributed by atoms with van der Waals surface area (Å²) in [5, 5.41) is 4.93. The van der Waals surface area contributed by atoms with E-state index in [1.807, 2.05) is 13.0 Å². The predicted octanol–water partition coefficient (Wildman–Crippen LogP) is 2.81. The third-order valence-electron chi connectivity index (χ3n) is 2.07. The fourth-order valence-electron chi connectivity index (χ4n) is 1.45. The van der Waals surface area contributed by atoms with Gasteiger partial charge in [0.15, 0.2) is 0 Å². The monoisotopic (exact) mass is 190 g/mol.